The maximum absolute atomic E-state index is 13.6. The van der Waals surface area contributed by atoms with Crippen molar-refractivity contribution in [3.8, 4) is 11.5 Å². The first-order valence-electron chi connectivity index (χ1n) is 13.2. The number of hydrogen-bond donors (Lipinski definition) is 1. The molecule has 0 unspecified atom stereocenters. The number of benzene rings is 1. The number of tetrazole rings is 1. The van der Waals surface area contributed by atoms with Crippen LogP contribution in [0.5, 0.6) is 11.5 Å². The average Bonchev–Trinajstić information content (AvgIpc) is 3.58. The Balaban J connectivity index is 1.47. The van der Waals surface area contributed by atoms with Gasteiger partial charge in [0.2, 0.25) is 0 Å². The Morgan fingerprint density at radius 2 is 1.72 bits per heavy atom. The second-order valence-corrected chi connectivity index (χ2v) is 10.4. The van der Waals surface area contributed by atoms with Crippen LogP contribution in [0.1, 0.15) is 68.4 Å². The molecular formula is C26H35N7O3. The summed E-state index contributed by atoms with van der Waals surface area (Å²) in [4.78, 5) is 21.8. The fourth-order valence-corrected chi connectivity index (χ4v) is 6.47. The van der Waals surface area contributed by atoms with Gasteiger partial charge in [-0.2, -0.15) is 0 Å². The summed E-state index contributed by atoms with van der Waals surface area (Å²) in [5, 5.41) is 14.0. The van der Waals surface area contributed by atoms with Crippen LogP contribution in [0.4, 0.5) is 0 Å². The van der Waals surface area contributed by atoms with E-state index in [-0.39, 0.29) is 17.6 Å². The van der Waals surface area contributed by atoms with Gasteiger partial charge in [-0.1, -0.05) is 19.3 Å². The lowest BCUT2D eigenvalue weighted by Gasteiger charge is -2.41. The van der Waals surface area contributed by atoms with Crippen LogP contribution in [-0.4, -0.2) is 81.4 Å². The van der Waals surface area contributed by atoms with Crippen molar-refractivity contribution < 1.29 is 9.47 Å². The average molecular weight is 494 g/mol. The molecule has 2 atom stereocenters. The van der Waals surface area contributed by atoms with E-state index in [2.05, 4.69) is 30.3 Å². The van der Waals surface area contributed by atoms with Gasteiger partial charge in [0.1, 0.15) is 6.04 Å². The highest BCUT2D eigenvalue weighted by Crippen LogP contribution is 2.36. The zero-order valence-electron chi connectivity index (χ0n) is 21.2. The molecule has 2 saturated heterocycles. The lowest BCUT2D eigenvalue weighted by Crippen LogP contribution is -2.52. The summed E-state index contributed by atoms with van der Waals surface area (Å²) < 4.78 is 13.0. The summed E-state index contributed by atoms with van der Waals surface area (Å²) in [6.45, 7) is 3.96. The fourth-order valence-electron chi connectivity index (χ4n) is 6.47. The van der Waals surface area contributed by atoms with E-state index < -0.39 is 0 Å². The molecule has 0 spiro atoms. The van der Waals surface area contributed by atoms with E-state index in [1.54, 1.807) is 14.2 Å². The minimum Gasteiger partial charge on any atom is -0.493 e. The van der Waals surface area contributed by atoms with Crippen molar-refractivity contribution in [3.05, 3.63) is 39.9 Å². The molecular weight excluding hydrogens is 458 g/mol. The van der Waals surface area contributed by atoms with Crippen LogP contribution in [0.3, 0.4) is 0 Å². The van der Waals surface area contributed by atoms with Gasteiger partial charge in [0.25, 0.3) is 5.56 Å². The van der Waals surface area contributed by atoms with Gasteiger partial charge in [-0.15, -0.1) is 5.10 Å². The largest absolute Gasteiger partial charge is 0.493 e. The van der Waals surface area contributed by atoms with Gasteiger partial charge in [0.15, 0.2) is 17.3 Å². The van der Waals surface area contributed by atoms with E-state index in [0.717, 1.165) is 43.7 Å². The van der Waals surface area contributed by atoms with Crippen molar-refractivity contribution in [2.45, 2.75) is 63.1 Å². The van der Waals surface area contributed by atoms with E-state index >= 15 is 0 Å². The maximum atomic E-state index is 13.6. The zero-order valence-corrected chi connectivity index (χ0v) is 21.2. The predicted octanol–water partition coefficient (Wildman–Crippen LogP) is 2.91. The first kappa shape index (κ1) is 23.4. The number of nitrogens with zero attached hydrogens (tertiary/aromatic N) is 6. The van der Waals surface area contributed by atoms with Crippen molar-refractivity contribution in [2.24, 2.45) is 0 Å². The molecule has 2 aliphatic heterocycles. The molecule has 3 fully saturated rings. The van der Waals surface area contributed by atoms with Gasteiger partial charge in [-0.3, -0.25) is 14.6 Å². The van der Waals surface area contributed by atoms with Crippen molar-refractivity contribution in [1.29, 1.82) is 0 Å². The third kappa shape index (κ3) is 4.16. The Morgan fingerprint density at radius 1 is 0.944 bits per heavy atom. The van der Waals surface area contributed by atoms with Crippen molar-refractivity contribution >= 4 is 10.9 Å². The summed E-state index contributed by atoms with van der Waals surface area (Å²) in [5.41, 5.74) is 1.27. The van der Waals surface area contributed by atoms with Gasteiger partial charge in [0, 0.05) is 42.7 Å². The summed E-state index contributed by atoms with van der Waals surface area (Å²) >= 11 is 0. The number of rotatable bonds is 6. The van der Waals surface area contributed by atoms with Crippen molar-refractivity contribution in [3.63, 3.8) is 0 Å². The number of hydrogen-bond acceptors (Lipinski definition) is 8. The normalized spacial score (nSPS) is 22.6. The number of nitrogens with one attached hydrogen (secondary N) is 1. The molecule has 192 valence electrons. The van der Waals surface area contributed by atoms with E-state index in [9.17, 15) is 4.79 Å². The molecule has 0 bridgehead atoms. The quantitative estimate of drug-likeness (QED) is 0.559. The zero-order chi connectivity index (χ0) is 24.6. The number of piperazine rings is 1. The molecule has 1 N–H and O–H groups in total. The van der Waals surface area contributed by atoms with Gasteiger partial charge in [0.05, 0.1) is 25.8 Å². The molecule has 2 aromatic heterocycles. The van der Waals surface area contributed by atoms with Crippen LogP contribution in [0.15, 0.2) is 23.0 Å². The predicted molar refractivity (Wildman–Crippen MR) is 136 cm³/mol. The highest BCUT2D eigenvalue weighted by molar-refractivity contribution is 5.83. The maximum Gasteiger partial charge on any atom is 0.253 e. The SMILES string of the molecule is COc1cc2cc([C@H](c3nnnn3C3CCCCC3)N3CCN4CCC[C@@H]4C3)c(=O)[nH]c2cc1OC. The standard InChI is InChI=1S/C26H35N7O3/c1-35-22-14-17-13-20(26(34)27-21(17)15-23(22)36-2)24(32-12-11-31-10-6-9-19(31)16-32)25-28-29-30-33(25)18-7-4-3-5-8-18/h13-15,18-19,24H,3-12,16H2,1-2H3,(H,27,34)/t19-,24-/m1/s1. The number of aromatic amines is 1. The summed E-state index contributed by atoms with van der Waals surface area (Å²) in [7, 11) is 3.22. The molecule has 10 heteroatoms. The number of pyridine rings is 1. The van der Waals surface area contributed by atoms with Crippen molar-refractivity contribution in [2.75, 3.05) is 40.4 Å². The highest BCUT2D eigenvalue weighted by Gasteiger charge is 2.38. The number of methoxy groups -OCH3 is 2. The van der Waals surface area contributed by atoms with E-state index in [1.807, 2.05) is 22.9 Å². The van der Waals surface area contributed by atoms with E-state index in [1.165, 1.54) is 38.6 Å². The third-order valence-electron chi connectivity index (χ3n) is 8.34. The Hall–Kier alpha value is -2.98. The first-order valence-corrected chi connectivity index (χ1v) is 13.2. The molecule has 1 aromatic carbocycles. The number of aromatic nitrogens is 5. The highest BCUT2D eigenvalue weighted by atomic mass is 16.5. The lowest BCUT2D eigenvalue weighted by molar-refractivity contribution is 0.0778. The van der Waals surface area contributed by atoms with E-state index in [4.69, 9.17) is 9.47 Å². The molecule has 3 aliphatic rings. The molecule has 4 heterocycles. The molecule has 0 radical (unpaired) electrons. The Bertz CT molecular complexity index is 1280. The second kappa shape index (κ2) is 9.82. The molecule has 6 rings (SSSR count). The molecule has 0 amide bonds. The summed E-state index contributed by atoms with van der Waals surface area (Å²) in [5.74, 6) is 1.99. The molecule has 1 saturated carbocycles. The minimum atomic E-state index is -0.314. The van der Waals surface area contributed by atoms with Gasteiger partial charge in [-0.25, -0.2) is 4.68 Å². The minimum absolute atomic E-state index is 0.119. The van der Waals surface area contributed by atoms with Gasteiger partial charge >= 0.3 is 0 Å². The summed E-state index contributed by atoms with van der Waals surface area (Å²) in [6, 6.07) is 6.21. The third-order valence-corrected chi connectivity index (χ3v) is 8.34. The molecule has 1 aliphatic carbocycles. The molecule has 3 aromatic rings. The second-order valence-electron chi connectivity index (χ2n) is 10.4. The number of H-pyrrole nitrogens is 1. The Labute approximate surface area is 210 Å². The fraction of sp³-hybridized carbons (Fsp3) is 0.615. The first-order chi connectivity index (χ1) is 17.7. The number of ether oxygens (including phenoxy) is 2. The van der Waals surface area contributed by atoms with Crippen LogP contribution < -0.4 is 15.0 Å². The van der Waals surface area contributed by atoms with Crippen LogP contribution >= 0.6 is 0 Å². The van der Waals surface area contributed by atoms with E-state index in [0.29, 0.717) is 28.6 Å². The summed E-state index contributed by atoms with van der Waals surface area (Å²) in [6.07, 6.45) is 8.22. The Kier molecular flexibility index (Phi) is 6.39. The smallest absolute Gasteiger partial charge is 0.253 e. The topological polar surface area (TPSA) is 101 Å². The monoisotopic (exact) mass is 493 g/mol. The van der Waals surface area contributed by atoms with Crippen LogP contribution in [0.25, 0.3) is 10.9 Å². The van der Waals surface area contributed by atoms with Crippen molar-refractivity contribution in [1.82, 2.24) is 35.0 Å². The molecule has 36 heavy (non-hydrogen) atoms. The van der Waals surface area contributed by atoms with Crippen LogP contribution in [0, 0.1) is 0 Å². The van der Waals surface area contributed by atoms with Gasteiger partial charge in [-0.05, 0) is 54.8 Å². The van der Waals surface area contributed by atoms with Crippen LogP contribution in [-0.2, 0) is 0 Å². The Morgan fingerprint density at radius 3 is 2.53 bits per heavy atom. The van der Waals surface area contributed by atoms with Crippen LogP contribution in [0.2, 0.25) is 0 Å². The van der Waals surface area contributed by atoms with Gasteiger partial charge < -0.3 is 14.5 Å². The number of fused-ring (bicyclic) bond motifs is 2. The lowest BCUT2D eigenvalue weighted by atomic mass is 9.94. The molecule has 10 nitrogen and oxygen atoms in total.